The Morgan fingerprint density at radius 3 is 2.54 bits per heavy atom. The molecule has 0 N–H and O–H groups in total. The van der Waals surface area contributed by atoms with Gasteiger partial charge in [-0.05, 0) is 79.2 Å². The topological polar surface area (TPSA) is 38.8 Å². The summed E-state index contributed by atoms with van der Waals surface area (Å²) in [4.78, 5) is 15.2. The number of benzene rings is 3. The average molecular weight is 522 g/mol. The molecule has 2 heterocycles. The zero-order valence-corrected chi connectivity index (χ0v) is 21.6. The van der Waals surface area contributed by atoms with E-state index in [1.807, 2.05) is 30.3 Å². The molecule has 37 heavy (non-hydrogen) atoms. The summed E-state index contributed by atoms with van der Waals surface area (Å²) in [5, 5.41) is 0.901. The first-order valence-electron chi connectivity index (χ1n) is 12.6. The average Bonchev–Trinajstić information content (AvgIpc) is 3.28. The van der Waals surface area contributed by atoms with Crippen molar-refractivity contribution in [2.45, 2.75) is 25.7 Å². The highest BCUT2D eigenvalue weighted by molar-refractivity contribution is 7.22. The van der Waals surface area contributed by atoms with Crippen LogP contribution in [0.2, 0.25) is 0 Å². The van der Waals surface area contributed by atoms with Gasteiger partial charge in [-0.15, -0.1) is 11.3 Å². The largest absolute Gasteiger partial charge is 0.492 e. The van der Waals surface area contributed by atoms with Crippen LogP contribution in [0.4, 0.5) is 8.78 Å². The molecule has 1 aliphatic rings. The lowest BCUT2D eigenvalue weighted by Crippen LogP contribution is -2.33. The lowest BCUT2D eigenvalue weighted by atomic mass is 9.98. The molecular weight excluding hydrogens is 492 g/mol. The van der Waals surface area contributed by atoms with Crippen LogP contribution in [-0.4, -0.2) is 44.2 Å². The second-order valence-corrected chi connectivity index (χ2v) is 10.3. The molecule has 3 aromatic carbocycles. The number of esters is 1. The number of carbonyl (C=O) groups is 1. The standard InChI is InChI=1S/C30H29F2NO3S/c1-35-30(34)21-10-13-23-25(29(37-27(23)19-21)24-6-5-7-26(31)28(24)32)18-20-8-11-22(12-9-20)36-17-16-33-14-3-2-4-15-33/h5-13,19H,2-4,14-18H2,1H3. The Kier molecular flexibility index (Phi) is 7.82. The zero-order valence-electron chi connectivity index (χ0n) is 20.8. The van der Waals surface area contributed by atoms with Crippen molar-refractivity contribution in [2.24, 2.45) is 0 Å². The van der Waals surface area contributed by atoms with Gasteiger partial charge in [-0.2, -0.15) is 0 Å². The third-order valence-electron chi connectivity index (χ3n) is 6.84. The van der Waals surface area contributed by atoms with Gasteiger partial charge in [0.05, 0.1) is 12.7 Å². The lowest BCUT2D eigenvalue weighted by Gasteiger charge is -2.26. The van der Waals surface area contributed by atoms with E-state index >= 15 is 0 Å². The number of hydrogen-bond donors (Lipinski definition) is 0. The molecule has 7 heteroatoms. The fraction of sp³-hybridized carbons (Fsp3) is 0.300. The Bertz CT molecular complexity index is 1390. The highest BCUT2D eigenvalue weighted by atomic mass is 32.1. The van der Waals surface area contributed by atoms with E-state index in [2.05, 4.69) is 4.90 Å². The minimum absolute atomic E-state index is 0.216. The van der Waals surface area contributed by atoms with Gasteiger partial charge < -0.3 is 9.47 Å². The van der Waals surface area contributed by atoms with E-state index in [0.717, 1.165) is 52.7 Å². The highest BCUT2D eigenvalue weighted by Crippen LogP contribution is 2.41. The molecule has 0 saturated carbocycles. The third kappa shape index (κ3) is 5.68. The fourth-order valence-corrected chi connectivity index (χ4v) is 6.13. The van der Waals surface area contributed by atoms with Gasteiger partial charge in [-0.3, -0.25) is 4.90 Å². The maximum Gasteiger partial charge on any atom is 0.337 e. The maximum atomic E-state index is 14.8. The molecule has 0 spiro atoms. The van der Waals surface area contributed by atoms with Crippen molar-refractivity contribution in [2.75, 3.05) is 33.4 Å². The van der Waals surface area contributed by atoms with Crippen LogP contribution < -0.4 is 4.74 Å². The first-order chi connectivity index (χ1) is 18.0. The first kappa shape index (κ1) is 25.4. The number of ether oxygens (including phenoxy) is 2. The van der Waals surface area contributed by atoms with Crippen LogP contribution in [0.1, 0.15) is 40.7 Å². The molecule has 4 nitrogen and oxygen atoms in total. The van der Waals surface area contributed by atoms with Gasteiger partial charge >= 0.3 is 5.97 Å². The van der Waals surface area contributed by atoms with Gasteiger partial charge in [-0.1, -0.05) is 36.8 Å². The van der Waals surface area contributed by atoms with Crippen molar-refractivity contribution < 1.29 is 23.0 Å². The Labute approximate surface area is 219 Å². The minimum atomic E-state index is -0.887. The molecule has 0 unspecified atom stereocenters. The van der Waals surface area contributed by atoms with E-state index in [1.165, 1.54) is 43.8 Å². The molecule has 0 radical (unpaired) electrons. The molecule has 4 aromatic rings. The summed E-state index contributed by atoms with van der Waals surface area (Å²) < 4.78 is 40.6. The molecule has 0 atom stereocenters. The van der Waals surface area contributed by atoms with Crippen molar-refractivity contribution in [3.05, 3.63) is 89.0 Å². The Morgan fingerprint density at radius 1 is 1.00 bits per heavy atom. The Balaban J connectivity index is 1.41. The number of hydrogen-bond acceptors (Lipinski definition) is 5. The van der Waals surface area contributed by atoms with E-state index in [0.29, 0.717) is 23.5 Å². The van der Waals surface area contributed by atoms with Crippen molar-refractivity contribution in [1.29, 1.82) is 0 Å². The van der Waals surface area contributed by atoms with Crippen LogP contribution >= 0.6 is 11.3 Å². The molecule has 1 aliphatic heterocycles. The molecule has 1 saturated heterocycles. The second kappa shape index (κ2) is 11.4. The maximum absolute atomic E-state index is 14.8. The number of rotatable bonds is 8. The predicted molar refractivity (Wildman–Crippen MR) is 144 cm³/mol. The van der Waals surface area contributed by atoms with E-state index in [-0.39, 0.29) is 5.56 Å². The van der Waals surface area contributed by atoms with E-state index in [1.54, 1.807) is 18.2 Å². The van der Waals surface area contributed by atoms with Crippen LogP contribution in [0.15, 0.2) is 60.7 Å². The minimum Gasteiger partial charge on any atom is -0.492 e. The zero-order chi connectivity index (χ0) is 25.8. The first-order valence-corrected chi connectivity index (χ1v) is 13.4. The quantitative estimate of drug-likeness (QED) is 0.232. The lowest BCUT2D eigenvalue weighted by molar-refractivity contribution is 0.0601. The molecule has 0 aliphatic carbocycles. The van der Waals surface area contributed by atoms with E-state index in [4.69, 9.17) is 9.47 Å². The SMILES string of the molecule is COC(=O)c1ccc2c(Cc3ccc(OCCN4CCCCC4)cc3)c(-c3cccc(F)c3F)sc2c1. The summed E-state index contributed by atoms with van der Waals surface area (Å²) >= 11 is 1.35. The molecule has 0 amide bonds. The number of halogens is 2. The van der Waals surface area contributed by atoms with Crippen molar-refractivity contribution in [3.63, 3.8) is 0 Å². The van der Waals surface area contributed by atoms with E-state index in [9.17, 15) is 13.6 Å². The molecule has 5 rings (SSSR count). The van der Waals surface area contributed by atoms with Gasteiger partial charge in [0.15, 0.2) is 11.6 Å². The number of thiophene rings is 1. The third-order valence-corrected chi connectivity index (χ3v) is 8.07. The summed E-state index contributed by atoms with van der Waals surface area (Å²) in [5.74, 6) is -1.38. The number of fused-ring (bicyclic) bond motifs is 1. The van der Waals surface area contributed by atoms with Crippen LogP contribution in [0, 0.1) is 11.6 Å². The number of carbonyl (C=O) groups excluding carboxylic acids is 1. The van der Waals surface area contributed by atoms with Gasteiger partial charge in [0, 0.05) is 21.7 Å². The highest BCUT2D eigenvalue weighted by Gasteiger charge is 2.20. The van der Waals surface area contributed by atoms with Crippen molar-refractivity contribution in [1.82, 2.24) is 4.90 Å². The molecule has 192 valence electrons. The van der Waals surface area contributed by atoms with Crippen LogP contribution in [0.5, 0.6) is 5.75 Å². The van der Waals surface area contributed by atoms with Crippen LogP contribution in [0.3, 0.4) is 0 Å². The van der Waals surface area contributed by atoms with Gasteiger partial charge in [-0.25, -0.2) is 13.6 Å². The van der Waals surface area contributed by atoms with Crippen LogP contribution in [0.25, 0.3) is 20.5 Å². The smallest absolute Gasteiger partial charge is 0.337 e. The fourth-order valence-electron chi connectivity index (χ4n) is 4.85. The summed E-state index contributed by atoms with van der Waals surface area (Å²) in [6.45, 7) is 3.87. The van der Waals surface area contributed by atoms with Crippen molar-refractivity contribution in [3.8, 4) is 16.2 Å². The Morgan fingerprint density at radius 2 is 1.78 bits per heavy atom. The number of piperidine rings is 1. The number of nitrogens with zero attached hydrogens (tertiary/aromatic N) is 1. The number of methoxy groups -OCH3 is 1. The predicted octanol–water partition coefficient (Wildman–Crippen LogP) is 7.09. The van der Waals surface area contributed by atoms with E-state index < -0.39 is 17.6 Å². The van der Waals surface area contributed by atoms with Gasteiger partial charge in [0.2, 0.25) is 0 Å². The van der Waals surface area contributed by atoms with Crippen LogP contribution in [-0.2, 0) is 11.2 Å². The molecule has 0 bridgehead atoms. The number of likely N-dealkylation sites (tertiary alicyclic amines) is 1. The summed E-state index contributed by atoms with van der Waals surface area (Å²) in [6.07, 6.45) is 4.37. The normalized spacial score (nSPS) is 14.1. The monoisotopic (exact) mass is 521 g/mol. The van der Waals surface area contributed by atoms with Crippen molar-refractivity contribution >= 4 is 27.4 Å². The second-order valence-electron chi connectivity index (χ2n) is 9.29. The molecular formula is C30H29F2NO3S. The molecule has 1 aromatic heterocycles. The summed E-state index contributed by atoms with van der Waals surface area (Å²) in [7, 11) is 1.33. The Hall–Kier alpha value is -3.29. The summed E-state index contributed by atoms with van der Waals surface area (Å²) in [5.41, 5.74) is 2.55. The summed E-state index contributed by atoms with van der Waals surface area (Å²) in [6, 6.07) is 17.4. The van der Waals surface area contributed by atoms with Gasteiger partial charge in [0.25, 0.3) is 0 Å². The molecule has 1 fully saturated rings. The van der Waals surface area contributed by atoms with Gasteiger partial charge in [0.1, 0.15) is 12.4 Å².